The van der Waals surface area contributed by atoms with E-state index in [1.807, 2.05) is 18.2 Å². The number of hydrogen-bond donors (Lipinski definition) is 1. The Morgan fingerprint density at radius 3 is 2.00 bits per heavy atom. The van der Waals surface area contributed by atoms with Gasteiger partial charge in [-0.25, -0.2) is 0 Å². The van der Waals surface area contributed by atoms with Gasteiger partial charge in [0.15, 0.2) is 0 Å². The van der Waals surface area contributed by atoms with Crippen LogP contribution in [-0.2, 0) is 5.41 Å². The highest BCUT2D eigenvalue weighted by Gasteiger charge is 2.52. The van der Waals surface area contributed by atoms with Gasteiger partial charge in [-0.1, -0.05) is 36.4 Å². The quantitative estimate of drug-likeness (QED) is 0.738. The highest BCUT2D eigenvalue weighted by atomic mass is 16.3. The third-order valence-corrected chi connectivity index (χ3v) is 7.14. The number of benzene rings is 2. The van der Waals surface area contributed by atoms with Crippen molar-refractivity contribution in [3.8, 4) is 16.9 Å². The predicted molar refractivity (Wildman–Crippen MR) is 98.1 cm³/mol. The molecule has 1 nitrogen and oxygen atoms in total. The van der Waals surface area contributed by atoms with Gasteiger partial charge in [0.25, 0.3) is 0 Å². The van der Waals surface area contributed by atoms with Crippen LogP contribution in [0.2, 0.25) is 0 Å². The number of phenols is 1. The fourth-order valence-corrected chi connectivity index (χ4v) is 6.64. The zero-order valence-corrected chi connectivity index (χ0v) is 14.5. The van der Waals surface area contributed by atoms with Crippen LogP contribution in [0.5, 0.6) is 5.75 Å². The second-order valence-corrected chi connectivity index (χ2v) is 8.69. The molecule has 1 N–H and O–H groups in total. The average Bonchev–Trinajstić information content (AvgIpc) is 2.54. The molecule has 124 valence electrons. The van der Waals surface area contributed by atoms with Gasteiger partial charge in [-0.2, -0.15) is 0 Å². The molecule has 0 radical (unpaired) electrons. The number of aromatic hydroxyl groups is 1. The molecule has 0 unspecified atom stereocenters. The molecule has 24 heavy (non-hydrogen) atoms. The summed E-state index contributed by atoms with van der Waals surface area (Å²) < 4.78 is 0. The maximum Gasteiger partial charge on any atom is 0.123 e. The third-order valence-electron chi connectivity index (χ3n) is 7.14. The lowest BCUT2D eigenvalue weighted by Gasteiger charge is -2.57. The van der Waals surface area contributed by atoms with E-state index in [9.17, 15) is 5.11 Å². The molecular weight excluding hydrogens is 292 g/mol. The van der Waals surface area contributed by atoms with E-state index < -0.39 is 0 Å². The van der Waals surface area contributed by atoms with Crippen molar-refractivity contribution in [2.24, 2.45) is 17.8 Å². The minimum atomic E-state index is 0.392. The second kappa shape index (κ2) is 5.12. The maximum atomic E-state index is 10.3. The molecule has 0 spiro atoms. The molecule has 4 aliphatic rings. The Balaban J connectivity index is 1.63. The minimum Gasteiger partial charge on any atom is -0.507 e. The summed E-state index contributed by atoms with van der Waals surface area (Å²) in [6.45, 7) is 2.27. The first-order chi connectivity index (χ1) is 11.6. The van der Waals surface area contributed by atoms with Gasteiger partial charge in [0, 0.05) is 5.56 Å². The van der Waals surface area contributed by atoms with Gasteiger partial charge in [-0.15, -0.1) is 0 Å². The first-order valence-electron chi connectivity index (χ1n) is 9.53. The van der Waals surface area contributed by atoms with E-state index in [0.717, 1.165) is 23.3 Å². The highest BCUT2D eigenvalue weighted by molar-refractivity contribution is 5.74. The Bertz CT molecular complexity index is 753. The molecule has 2 aromatic rings. The van der Waals surface area contributed by atoms with Crippen LogP contribution in [0.25, 0.3) is 11.1 Å². The first-order valence-corrected chi connectivity index (χ1v) is 9.53. The van der Waals surface area contributed by atoms with E-state index in [0.29, 0.717) is 11.2 Å². The molecule has 1 heteroatoms. The van der Waals surface area contributed by atoms with Crippen molar-refractivity contribution in [2.45, 2.75) is 50.9 Å². The molecule has 6 rings (SSSR count). The summed E-state index contributed by atoms with van der Waals surface area (Å²) in [7, 11) is 0. The second-order valence-electron chi connectivity index (χ2n) is 8.69. The van der Waals surface area contributed by atoms with Crippen molar-refractivity contribution in [3.63, 3.8) is 0 Å². The fraction of sp³-hybridized carbons (Fsp3) is 0.478. The van der Waals surface area contributed by atoms with Crippen molar-refractivity contribution in [1.82, 2.24) is 0 Å². The van der Waals surface area contributed by atoms with E-state index in [2.05, 4.69) is 25.1 Å². The normalized spacial score (nSPS) is 33.8. The van der Waals surface area contributed by atoms with Crippen molar-refractivity contribution in [2.75, 3.05) is 0 Å². The number of phenolic OH excluding ortho intramolecular Hbond substituents is 1. The van der Waals surface area contributed by atoms with Crippen LogP contribution >= 0.6 is 0 Å². The molecule has 0 aromatic heterocycles. The summed E-state index contributed by atoms with van der Waals surface area (Å²) in [6, 6.07) is 14.5. The van der Waals surface area contributed by atoms with Crippen LogP contribution in [0, 0.1) is 24.7 Å². The van der Waals surface area contributed by atoms with Gasteiger partial charge in [0.1, 0.15) is 5.75 Å². The maximum absolute atomic E-state index is 10.3. The zero-order valence-electron chi connectivity index (χ0n) is 14.5. The largest absolute Gasteiger partial charge is 0.507 e. The van der Waals surface area contributed by atoms with Gasteiger partial charge in [0.05, 0.1) is 0 Å². The monoisotopic (exact) mass is 318 g/mol. The van der Waals surface area contributed by atoms with E-state index in [4.69, 9.17) is 0 Å². The summed E-state index contributed by atoms with van der Waals surface area (Å²) in [4.78, 5) is 0. The van der Waals surface area contributed by atoms with Crippen LogP contribution in [0.15, 0.2) is 42.5 Å². The average molecular weight is 318 g/mol. The summed E-state index contributed by atoms with van der Waals surface area (Å²) >= 11 is 0. The summed E-state index contributed by atoms with van der Waals surface area (Å²) in [5.41, 5.74) is 5.56. The van der Waals surface area contributed by atoms with Crippen LogP contribution in [0.3, 0.4) is 0 Å². The molecule has 4 aliphatic carbocycles. The smallest absolute Gasteiger partial charge is 0.123 e. The molecule has 0 heterocycles. The Morgan fingerprint density at radius 1 is 0.792 bits per heavy atom. The zero-order chi connectivity index (χ0) is 16.3. The van der Waals surface area contributed by atoms with Crippen LogP contribution in [0.1, 0.15) is 49.7 Å². The van der Waals surface area contributed by atoms with Crippen LogP contribution in [-0.4, -0.2) is 5.11 Å². The van der Waals surface area contributed by atoms with Gasteiger partial charge >= 0.3 is 0 Å². The third kappa shape index (κ3) is 2.06. The Labute approximate surface area is 144 Å². The molecule has 4 fully saturated rings. The molecule has 0 aliphatic heterocycles. The van der Waals surface area contributed by atoms with Gasteiger partial charge in [0.2, 0.25) is 0 Å². The predicted octanol–water partition coefficient (Wildman–Crippen LogP) is 5.84. The van der Waals surface area contributed by atoms with Crippen molar-refractivity contribution in [1.29, 1.82) is 0 Å². The SMILES string of the molecule is Cc1c(-c2ccccc2O)cccc1C12CC3CC(CC(C3)C1)C2. The topological polar surface area (TPSA) is 20.2 Å². The molecule has 0 saturated heterocycles. The van der Waals surface area contributed by atoms with E-state index in [1.54, 1.807) is 11.6 Å². The summed E-state index contributed by atoms with van der Waals surface area (Å²) in [6.07, 6.45) is 8.63. The lowest BCUT2D eigenvalue weighted by Crippen LogP contribution is -2.48. The standard InChI is InChI=1S/C23H26O/c1-15-19(20-5-2-3-8-22(20)24)6-4-7-21(15)23-12-16-9-17(13-23)11-18(10-16)14-23/h2-8,16-18,24H,9-14H2,1H3. The van der Waals surface area contributed by atoms with Crippen molar-refractivity contribution in [3.05, 3.63) is 53.6 Å². The lowest BCUT2D eigenvalue weighted by atomic mass is 9.47. The molecule has 4 saturated carbocycles. The highest BCUT2D eigenvalue weighted by Crippen LogP contribution is 2.61. The molecule has 4 bridgehead atoms. The molecule has 2 aromatic carbocycles. The number of hydrogen-bond acceptors (Lipinski definition) is 1. The van der Waals surface area contributed by atoms with Crippen molar-refractivity contribution >= 4 is 0 Å². The van der Waals surface area contributed by atoms with Crippen molar-refractivity contribution < 1.29 is 5.11 Å². The first kappa shape index (κ1) is 14.6. The molecule has 0 amide bonds. The number of rotatable bonds is 2. The Hall–Kier alpha value is -1.76. The van der Waals surface area contributed by atoms with Gasteiger partial charge < -0.3 is 5.11 Å². The van der Waals surface area contributed by atoms with E-state index in [-0.39, 0.29) is 0 Å². The van der Waals surface area contributed by atoms with E-state index in [1.165, 1.54) is 49.7 Å². The fourth-order valence-electron chi connectivity index (χ4n) is 6.64. The van der Waals surface area contributed by atoms with Gasteiger partial charge in [-0.05, 0) is 91.4 Å². The summed E-state index contributed by atoms with van der Waals surface area (Å²) in [5, 5.41) is 10.3. The Kier molecular flexibility index (Phi) is 3.11. The van der Waals surface area contributed by atoms with Crippen LogP contribution in [0.4, 0.5) is 0 Å². The molecule has 0 atom stereocenters. The minimum absolute atomic E-state index is 0.392. The van der Waals surface area contributed by atoms with E-state index >= 15 is 0 Å². The summed E-state index contributed by atoms with van der Waals surface area (Å²) in [5.74, 6) is 3.28. The lowest BCUT2D eigenvalue weighted by molar-refractivity contribution is -0.00544. The van der Waals surface area contributed by atoms with Gasteiger partial charge in [-0.3, -0.25) is 0 Å². The number of para-hydroxylation sites is 1. The Morgan fingerprint density at radius 2 is 1.38 bits per heavy atom. The molecular formula is C23H26O. The van der Waals surface area contributed by atoms with Crippen LogP contribution < -0.4 is 0 Å².